The second-order valence-corrected chi connectivity index (χ2v) is 4.61. The third-order valence-corrected chi connectivity index (χ3v) is 2.30. The average Bonchev–Trinajstić information content (AvgIpc) is 2.26. The van der Waals surface area contributed by atoms with E-state index in [4.69, 9.17) is 13.0 Å². The summed E-state index contributed by atoms with van der Waals surface area (Å²) in [5, 5.41) is 0. The number of nitrogens with zero attached hydrogens (tertiary/aromatic N) is 1. The van der Waals surface area contributed by atoms with E-state index in [0.717, 1.165) is 18.3 Å². The maximum absolute atomic E-state index is 10.7. The molecule has 0 aromatic carbocycles. The molecule has 0 saturated heterocycles. The molecule has 1 aliphatic rings. The first kappa shape index (κ1) is 17.3. The van der Waals surface area contributed by atoms with E-state index in [1.807, 2.05) is 30.1 Å². The zero-order valence-electron chi connectivity index (χ0n) is 9.72. The first-order chi connectivity index (χ1) is 8.58. The minimum atomic E-state index is -6.09. The number of halogens is 3. The third kappa shape index (κ3) is 7.35. The van der Waals surface area contributed by atoms with Crippen LogP contribution in [0.1, 0.15) is 6.42 Å². The Balaban J connectivity index is 0.000000362. The molecule has 0 unspecified atom stereocenters. The van der Waals surface area contributed by atoms with Crippen LogP contribution >= 0.6 is 0 Å². The third-order valence-electron chi connectivity index (χ3n) is 1.73. The Kier molecular flexibility index (Phi) is 6.40. The topological polar surface area (TPSA) is 77.3 Å². The van der Waals surface area contributed by atoms with E-state index in [2.05, 4.69) is 5.73 Å². The molecule has 1 aliphatic heterocycles. The summed E-state index contributed by atoms with van der Waals surface area (Å²) in [5.74, 6) is 0. The van der Waals surface area contributed by atoms with Gasteiger partial charge in [-0.25, -0.2) is 13.0 Å². The van der Waals surface area contributed by atoms with Crippen LogP contribution in [0.25, 0.3) is 0 Å². The van der Waals surface area contributed by atoms with E-state index in [9.17, 15) is 18.0 Å². The SMILES string of the molecule is C[N+]1=CCC(=C=CC=O)C=C1.O=S(=O)([O-])C(F)(F)F. The molecule has 0 aromatic heterocycles. The number of aldehydes is 1. The van der Waals surface area contributed by atoms with Gasteiger partial charge >= 0.3 is 5.51 Å². The molecule has 0 fully saturated rings. The minimum Gasteiger partial charge on any atom is -0.741 e. The van der Waals surface area contributed by atoms with Crippen LogP contribution < -0.4 is 0 Å². The van der Waals surface area contributed by atoms with Crippen LogP contribution in [0.15, 0.2) is 29.7 Å². The fraction of sp³-hybridized carbons (Fsp3) is 0.300. The number of carbonyl (C=O) groups is 1. The molecule has 1 heterocycles. The van der Waals surface area contributed by atoms with Crippen molar-refractivity contribution in [1.82, 2.24) is 0 Å². The zero-order chi connectivity index (χ0) is 15.1. The molecule has 0 bridgehead atoms. The Bertz CT molecular complexity index is 552. The molecule has 0 aliphatic carbocycles. The van der Waals surface area contributed by atoms with E-state index in [-0.39, 0.29) is 0 Å². The molecule has 106 valence electrons. The second kappa shape index (κ2) is 7.03. The highest BCUT2D eigenvalue weighted by Crippen LogP contribution is 2.20. The maximum Gasteiger partial charge on any atom is 0.485 e. The van der Waals surface area contributed by atoms with Gasteiger partial charge in [0.05, 0.1) is 6.42 Å². The lowest BCUT2D eigenvalue weighted by Gasteiger charge is -2.08. The molecule has 0 radical (unpaired) electrons. The van der Waals surface area contributed by atoms with E-state index in [1.165, 1.54) is 6.08 Å². The van der Waals surface area contributed by atoms with Crippen molar-refractivity contribution in [1.29, 1.82) is 0 Å². The number of alkyl halides is 3. The van der Waals surface area contributed by atoms with Crippen LogP contribution in [0, 0.1) is 0 Å². The lowest BCUT2D eigenvalue weighted by Crippen LogP contribution is -2.21. The number of carbonyl (C=O) groups excluding carboxylic acids is 1. The summed E-state index contributed by atoms with van der Waals surface area (Å²) in [5.41, 5.74) is -1.74. The zero-order valence-corrected chi connectivity index (χ0v) is 10.5. The fourth-order valence-electron chi connectivity index (χ4n) is 0.827. The molecule has 0 amide bonds. The molecule has 1 rings (SSSR count). The Hall–Kier alpha value is -1.70. The standard InChI is InChI=1S/C9H10NO.CHF3O3S/c1-10-6-4-9(5-7-10)3-2-8-11;2-1(3,4)8(5,6)7/h2,4,6-8H,5H2,1H3;(H,5,6,7)/q+1;/p-1. The summed E-state index contributed by atoms with van der Waals surface area (Å²) >= 11 is 0. The van der Waals surface area contributed by atoms with Crippen molar-refractivity contribution in [2.75, 3.05) is 7.05 Å². The van der Waals surface area contributed by atoms with Crippen LogP contribution in [0.4, 0.5) is 13.2 Å². The molecule has 19 heavy (non-hydrogen) atoms. The van der Waals surface area contributed by atoms with Crippen molar-refractivity contribution < 1.29 is 35.5 Å². The van der Waals surface area contributed by atoms with Crippen LogP contribution in [0.2, 0.25) is 0 Å². The molecule has 0 atom stereocenters. The highest BCUT2D eigenvalue weighted by molar-refractivity contribution is 7.86. The van der Waals surface area contributed by atoms with E-state index in [1.54, 1.807) is 0 Å². The van der Waals surface area contributed by atoms with Gasteiger partial charge in [0.1, 0.15) is 13.3 Å². The fourth-order valence-corrected chi connectivity index (χ4v) is 0.827. The minimum absolute atomic E-state index is 0.735. The van der Waals surface area contributed by atoms with Crippen molar-refractivity contribution in [3.8, 4) is 0 Å². The highest BCUT2D eigenvalue weighted by Gasteiger charge is 2.36. The lowest BCUT2D eigenvalue weighted by molar-refractivity contribution is -0.419. The van der Waals surface area contributed by atoms with Crippen LogP contribution in [0.3, 0.4) is 0 Å². The summed E-state index contributed by atoms with van der Waals surface area (Å²) in [6, 6.07) is 0. The number of allylic oxidation sites excluding steroid dienone is 2. The Morgan fingerprint density at radius 3 is 2.32 bits per heavy atom. The van der Waals surface area contributed by atoms with E-state index in [0.29, 0.717) is 0 Å². The van der Waals surface area contributed by atoms with Crippen LogP contribution in [0.5, 0.6) is 0 Å². The van der Waals surface area contributed by atoms with Crippen molar-refractivity contribution in [3.05, 3.63) is 29.7 Å². The van der Waals surface area contributed by atoms with E-state index >= 15 is 0 Å². The van der Waals surface area contributed by atoms with Crippen molar-refractivity contribution in [2.24, 2.45) is 0 Å². The maximum atomic E-state index is 10.7. The van der Waals surface area contributed by atoms with Crippen molar-refractivity contribution in [3.63, 3.8) is 0 Å². The Labute approximate surface area is 107 Å². The Morgan fingerprint density at radius 2 is 2.00 bits per heavy atom. The van der Waals surface area contributed by atoms with Gasteiger partial charge in [-0.05, 0) is 0 Å². The van der Waals surface area contributed by atoms with Gasteiger partial charge in [-0.1, -0.05) is 0 Å². The van der Waals surface area contributed by atoms with Crippen LogP contribution in [-0.4, -0.2) is 42.6 Å². The molecule has 0 saturated carbocycles. The highest BCUT2D eigenvalue weighted by atomic mass is 32.2. The van der Waals surface area contributed by atoms with Gasteiger partial charge in [0.2, 0.25) is 0 Å². The second-order valence-electron chi connectivity index (χ2n) is 3.24. The monoisotopic (exact) mass is 297 g/mol. The van der Waals surface area contributed by atoms with Gasteiger partial charge in [0.15, 0.2) is 22.6 Å². The predicted molar refractivity (Wildman–Crippen MR) is 59.4 cm³/mol. The molecule has 9 heteroatoms. The number of hydrogen-bond donors (Lipinski definition) is 0. The lowest BCUT2D eigenvalue weighted by atomic mass is 10.2. The van der Waals surface area contributed by atoms with Gasteiger partial charge < -0.3 is 4.55 Å². The molecule has 0 spiro atoms. The smallest absolute Gasteiger partial charge is 0.485 e. The molecular weight excluding hydrogens is 287 g/mol. The first-order valence-corrected chi connectivity index (χ1v) is 6.13. The van der Waals surface area contributed by atoms with Gasteiger partial charge in [0.25, 0.3) is 0 Å². The van der Waals surface area contributed by atoms with Gasteiger partial charge in [-0.2, -0.15) is 13.2 Å². The van der Waals surface area contributed by atoms with E-state index < -0.39 is 15.6 Å². The average molecular weight is 297 g/mol. The van der Waals surface area contributed by atoms with Gasteiger partial charge in [-0.3, -0.25) is 4.79 Å². The summed E-state index contributed by atoms with van der Waals surface area (Å²) in [4.78, 5) is 9.94. The predicted octanol–water partition coefficient (Wildman–Crippen LogP) is 0.949. The molecule has 0 aromatic rings. The molecule has 0 N–H and O–H groups in total. The first-order valence-electron chi connectivity index (χ1n) is 4.73. The van der Waals surface area contributed by atoms with Gasteiger partial charge in [0, 0.05) is 17.7 Å². The van der Waals surface area contributed by atoms with Crippen molar-refractivity contribution in [2.45, 2.75) is 11.9 Å². The van der Waals surface area contributed by atoms with Gasteiger partial charge in [-0.15, -0.1) is 5.73 Å². The summed E-state index contributed by atoms with van der Waals surface area (Å²) < 4.78 is 60.9. The van der Waals surface area contributed by atoms with Crippen molar-refractivity contribution >= 4 is 22.6 Å². The summed E-state index contributed by atoms with van der Waals surface area (Å²) in [7, 11) is -4.12. The quantitative estimate of drug-likeness (QED) is 0.180. The number of rotatable bonds is 1. The largest absolute Gasteiger partial charge is 0.741 e. The summed E-state index contributed by atoms with van der Waals surface area (Å²) in [6.07, 6.45) is 8.88. The van der Waals surface area contributed by atoms with Crippen LogP contribution in [-0.2, 0) is 14.9 Å². The Morgan fingerprint density at radius 1 is 1.47 bits per heavy atom. The molecular formula is C10H10F3NO4S. The molecule has 5 nitrogen and oxygen atoms in total. The summed E-state index contributed by atoms with van der Waals surface area (Å²) in [6.45, 7) is 0. The number of hydrogen-bond acceptors (Lipinski definition) is 4. The normalized spacial score (nSPS) is 14.8.